The van der Waals surface area contributed by atoms with Crippen molar-refractivity contribution < 1.29 is 9.23 Å². The van der Waals surface area contributed by atoms with E-state index >= 15 is 0 Å². The molecule has 33 heavy (non-hydrogen) atoms. The lowest BCUT2D eigenvalue weighted by Gasteiger charge is -2.13. The number of nitriles is 1. The van der Waals surface area contributed by atoms with Gasteiger partial charge in [0, 0.05) is 16.9 Å². The number of halogens is 1. The Kier molecular flexibility index (Phi) is 6.37. The molecule has 0 radical (unpaired) electrons. The van der Waals surface area contributed by atoms with Gasteiger partial charge in [0.1, 0.15) is 12.4 Å². The molecular weight excluding hydrogens is 413 g/mol. The van der Waals surface area contributed by atoms with Gasteiger partial charge >= 0.3 is 0 Å². The van der Waals surface area contributed by atoms with E-state index in [2.05, 4.69) is 47.0 Å². The lowest BCUT2D eigenvalue weighted by Crippen LogP contribution is -2.03. The van der Waals surface area contributed by atoms with Gasteiger partial charge in [-0.05, 0) is 92.1 Å². The fourth-order valence-corrected chi connectivity index (χ4v) is 3.89. The topological polar surface area (TPSA) is 50.3 Å². The molecule has 0 atom stereocenters. The summed E-state index contributed by atoms with van der Waals surface area (Å²) < 4.78 is 15.7. The van der Waals surface area contributed by atoms with Crippen LogP contribution in [-0.4, -0.2) is 10.3 Å². The molecule has 0 saturated carbocycles. The molecule has 0 spiro atoms. The predicted octanol–water partition coefficient (Wildman–Crippen LogP) is 6.71. The molecule has 164 valence electrons. The highest BCUT2D eigenvalue weighted by Crippen LogP contribution is 2.30. The summed E-state index contributed by atoms with van der Waals surface area (Å²) in [6, 6.07) is 26.2. The second kappa shape index (κ2) is 9.54. The zero-order valence-electron chi connectivity index (χ0n) is 18.8. The second-order valence-corrected chi connectivity index (χ2v) is 7.97. The van der Waals surface area contributed by atoms with Gasteiger partial charge in [-0.3, -0.25) is 0 Å². The molecule has 1 aromatic heterocycles. The molecule has 0 fully saturated rings. The molecule has 0 aliphatic rings. The Balaban J connectivity index is 1.70. The van der Waals surface area contributed by atoms with Crippen LogP contribution in [0.25, 0.3) is 16.9 Å². The fourth-order valence-electron chi connectivity index (χ4n) is 3.89. The Hall–Kier alpha value is -4.17. The van der Waals surface area contributed by atoms with Crippen LogP contribution >= 0.6 is 0 Å². The van der Waals surface area contributed by atoms with Crippen LogP contribution in [0.15, 0.2) is 84.0 Å². The summed E-state index contributed by atoms with van der Waals surface area (Å²) in [4.78, 5) is 5.61. The molecule has 0 unspecified atom stereocenters. The van der Waals surface area contributed by atoms with Gasteiger partial charge < -0.3 is 9.40 Å². The fraction of sp³-hybridized carbons (Fsp3) is 0.143. The third kappa shape index (κ3) is 4.86. The van der Waals surface area contributed by atoms with Gasteiger partial charge in [-0.15, -0.1) is 0 Å². The molecule has 0 aliphatic carbocycles. The van der Waals surface area contributed by atoms with E-state index in [4.69, 9.17) is 10.1 Å². The average Bonchev–Trinajstić information content (AvgIpc) is 3.16. The first-order valence-electron chi connectivity index (χ1n) is 10.7. The summed E-state index contributed by atoms with van der Waals surface area (Å²) in [5, 5.41) is 13.4. The van der Waals surface area contributed by atoms with E-state index in [0.717, 1.165) is 45.0 Å². The van der Waals surface area contributed by atoms with Gasteiger partial charge in [-0.25, -0.2) is 4.39 Å². The van der Waals surface area contributed by atoms with Crippen LogP contribution in [0.1, 0.15) is 34.9 Å². The molecule has 5 heteroatoms. The summed E-state index contributed by atoms with van der Waals surface area (Å²) in [7, 11) is 0. The first kappa shape index (κ1) is 22.0. The van der Waals surface area contributed by atoms with Crippen LogP contribution in [-0.2, 0) is 11.4 Å². The Morgan fingerprint density at radius 3 is 2.48 bits per heavy atom. The van der Waals surface area contributed by atoms with Crippen LogP contribution in [0, 0.1) is 31.0 Å². The highest BCUT2D eigenvalue weighted by molar-refractivity contribution is 6.01. The zero-order chi connectivity index (χ0) is 23.4. The standard InChI is InChI=1S/C28H24FN3O/c1-19-6-4-9-26(14-19)32-21(3)27(16-28(32)24-10-12-25(29)13-11-24)20(2)31-33-18-23-8-5-7-22(15-23)17-30/h4-16H,18H2,1-3H3. The second-order valence-electron chi connectivity index (χ2n) is 7.97. The van der Waals surface area contributed by atoms with E-state index in [0.29, 0.717) is 5.56 Å². The first-order chi connectivity index (χ1) is 16.0. The van der Waals surface area contributed by atoms with Gasteiger partial charge in [0.25, 0.3) is 0 Å². The van der Waals surface area contributed by atoms with Crippen molar-refractivity contribution in [3.8, 4) is 23.0 Å². The van der Waals surface area contributed by atoms with Crippen LogP contribution in [0.2, 0.25) is 0 Å². The Morgan fingerprint density at radius 2 is 1.76 bits per heavy atom. The van der Waals surface area contributed by atoms with Crippen molar-refractivity contribution >= 4 is 5.71 Å². The molecule has 4 rings (SSSR count). The summed E-state index contributed by atoms with van der Waals surface area (Å²) in [5.74, 6) is -0.268. The molecule has 0 bridgehead atoms. The number of oxime groups is 1. The van der Waals surface area contributed by atoms with E-state index < -0.39 is 0 Å². The van der Waals surface area contributed by atoms with Crippen molar-refractivity contribution in [2.75, 3.05) is 0 Å². The number of hydrogen-bond donors (Lipinski definition) is 0. The summed E-state index contributed by atoms with van der Waals surface area (Å²) in [6.07, 6.45) is 0. The molecule has 0 aliphatic heterocycles. The van der Waals surface area contributed by atoms with Crippen LogP contribution < -0.4 is 0 Å². The molecule has 4 aromatic rings. The minimum absolute atomic E-state index is 0.268. The highest BCUT2D eigenvalue weighted by Gasteiger charge is 2.17. The molecular formula is C28H24FN3O. The molecule has 0 amide bonds. The Bertz CT molecular complexity index is 1360. The molecule has 0 saturated heterocycles. The van der Waals surface area contributed by atoms with E-state index in [-0.39, 0.29) is 12.4 Å². The van der Waals surface area contributed by atoms with Crippen molar-refractivity contribution in [3.63, 3.8) is 0 Å². The zero-order valence-corrected chi connectivity index (χ0v) is 18.8. The van der Waals surface area contributed by atoms with E-state index in [1.165, 1.54) is 12.1 Å². The monoisotopic (exact) mass is 437 g/mol. The summed E-state index contributed by atoms with van der Waals surface area (Å²) >= 11 is 0. The number of hydrogen-bond acceptors (Lipinski definition) is 3. The highest BCUT2D eigenvalue weighted by atomic mass is 19.1. The van der Waals surface area contributed by atoms with Crippen molar-refractivity contribution in [2.45, 2.75) is 27.4 Å². The molecule has 4 nitrogen and oxygen atoms in total. The van der Waals surface area contributed by atoms with Crippen molar-refractivity contribution in [3.05, 3.63) is 113 Å². The quantitative estimate of drug-likeness (QED) is 0.249. The van der Waals surface area contributed by atoms with Crippen LogP contribution in [0.3, 0.4) is 0 Å². The largest absolute Gasteiger partial charge is 0.391 e. The van der Waals surface area contributed by atoms with Crippen LogP contribution in [0.4, 0.5) is 4.39 Å². The van der Waals surface area contributed by atoms with E-state index in [1.807, 2.05) is 32.0 Å². The Labute approximate surface area is 193 Å². The molecule has 1 heterocycles. The summed E-state index contributed by atoms with van der Waals surface area (Å²) in [5.41, 5.74) is 8.20. The average molecular weight is 438 g/mol. The maximum Gasteiger partial charge on any atom is 0.142 e. The van der Waals surface area contributed by atoms with Gasteiger partial charge in [0.05, 0.1) is 23.0 Å². The van der Waals surface area contributed by atoms with Gasteiger partial charge in [-0.1, -0.05) is 29.4 Å². The molecule has 3 aromatic carbocycles. The lowest BCUT2D eigenvalue weighted by atomic mass is 10.1. The number of aromatic nitrogens is 1. The summed E-state index contributed by atoms with van der Waals surface area (Å²) in [6.45, 7) is 6.28. The van der Waals surface area contributed by atoms with Gasteiger partial charge in [0.2, 0.25) is 0 Å². The number of benzene rings is 3. The van der Waals surface area contributed by atoms with Crippen LogP contribution in [0.5, 0.6) is 0 Å². The number of rotatable bonds is 6. The Morgan fingerprint density at radius 1 is 1.00 bits per heavy atom. The van der Waals surface area contributed by atoms with E-state index in [9.17, 15) is 4.39 Å². The normalized spacial score (nSPS) is 11.3. The SMILES string of the molecule is CC(=NOCc1cccc(C#N)c1)c1cc(-c2ccc(F)cc2)n(-c2cccc(C)c2)c1C. The van der Waals surface area contributed by atoms with Crippen molar-refractivity contribution in [1.29, 1.82) is 5.26 Å². The minimum Gasteiger partial charge on any atom is -0.391 e. The first-order valence-corrected chi connectivity index (χ1v) is 10.7. The lowest BCUT2D eigenvalue weighted by molar-refractivity contribution is 0.130. The third-order valence-electron chi connectivity index (χ3n) is 5.53. The van der Waals surface area contributed by atoms with Gasteiger partial charge in [0.15, 0.2) is 0 Å². The number of aryl methyl sites for hydroxylation is 1. The molecule has 0 N–H and O–H groups in total. The van der Waals surface area contributed by atoms with Gasteiger partial charge in [-0.2, -0.15) is 5.26 Å². The minimum atomic E-state index is -0.268. The maximum absolute atomic E-state index is 13.6. The smallest absolute Gasteiger partial charge is 0.142 e. The van der Waals surface area contributed by atoms with E-state index in [1.54, 1.807) is 24.3 Å². The third-order valence-corrected chi connectivity index (χ3v) is 5.53. The van der Waals surface area contributed by atoms with Crippen molar-refractivity contribution in [1.82, 2.24) is 4.57 Å². The number of nitrogens with zero attached hydrogens (tertiary/aromatic N) is 3. The predicted molar refractivity (Wildman–Crippen MR) is 129 cm³/mol. The van der Waals surface area contributed by atoms with Crippen molar-refractivity contribution in [2.24, 2.45) is 5.16 Å². The maximum atomic E-state index is 13.6.